The van der Waals surface area contributed by atoms with Crippen LogP contribution in [0, 0.1) is 0 Å². The molecule has 2 aromatic carbocycles. The first-order chi connectivity index (χ1) is 14.5. The molecule has 0 aliphatic carbocycles. The molecular formula is C22H24N2O6. The van der Waals surface area contributed by atoms with Crippen molar-refractivity contribution in [3.63, 3.8) is 0 Å². The first-order valence-electron chi connectivity index (χ1n) is 9.74. The van der Waals surface area contributed by atoms with Crippen molar-refractivity contribution in [1.29, 1.82) is 0 Å². The number of amides is 2. The second kappa shape index (κ2) is 9.78. The monoisotopic (exact) mass is 412 g/mol. The van der Waals surface area contributed by atoms with E-state index in [0.717, 1.165) is 6.42 Å². The fourth-order valence-corrected chi connectivity index (χ4v) is 2.97. The lowest BCUT2D eigenvalue weighted by molar-refractivity contribution is -0.155. The average Bonchev–Trinajstić information content (AvgIpc) is 2.75. The van der Waals surface area contributed by atoms with Gasteiger partial charge < -0.3 is 19.5 Å². The molecule has 0 fully saturated rings. The molecule has 1 aliphatic rings. The highest BCUT2D eigenvalue weighted by molar-refractivity contribution is 6.11. The summed E-state index contributed by atoms with van der Waals surface area (Å²) in [6.07, 6.45) is -0.236. The summed E-state index contributed by atoms with van der Waals surface area (Å²) in [7, 11) is 0. The number of ether oxygens (including phenoxy) is 3. The Balaban J connectivity index is 1.59. The summed E-state index contributed by atoms with van der Waals surface area (Å²) in [6, 6.07) is 14.0. The van der Waals surface area contributed by atoms with Gasteiger partial charge in [-0.3, -0.25) is 14.5 Å². The zero-order chi connectivity index (χ0) is 21.5. The lowest BCUT2D eigenvalue weighted by Gasteiger charge is -2.30. The van der Waals surface area contributed by atoms with E-state index in [2.05, 4.69) is 5.32 Å². The molecule has 0 bridgehead atoms. The van der Waals surface area contributed by atoms with Crippen LogP contribution < -0.4 is 19.7 Å². The lowest BCUT2D eigenvalue weighted by atomic mass is 10.1. The molecule has 30 heavy (non-hydrogen) atoms. The minimum atomic E-state index is -1.08. The Morgan fingerprint density at radius 2 is 1.73 bits per heavy atom. The molecule has 0 unspecified atom stereocenters. The second-order valence-corrected chi connectivity index (χ2v) is 6.71. The van der Waals surface area contributed by atoms with Crippen molar-refractivity contribution in [2.45, 2.75) is 26.4 Å². The van der Waals surface area contributed by atoms with Gasteiger partial charge in [0.15, 0.2) is 24.2 Å². The van der Waals surface area contributed by atoms with Crippen molar-refractivity contribution in [3.05, 3.63) is 48.5 Å². The molecule has 2 amide bonds. The zero-order valence-electron chi connectivity index (χ0n) is 16.9. The summed E-state index contributed by atoms with van der Waals surface area (Å²) in [4.78, 5) is 38.2. The summed E-state index contributed by atoms with van der Waals surface area (Å²) >= 11 is 0. The van der Waals surface area contributed by atoms with Crippen molar-refractivity contribution < 1.29 is 28.6 Å². The number of benzene rings is 2. The van der Waals surface area contributed by atoms with Gasteiger partial charge in [0.2, 0.25) is 5.91 Å². The molecule has 3 rings (SSSR count). The average molecular weight is 412 g/mol. The molecule has 0 spiro atoms. The van der Waals surface area contributed by atoms with Crippen LogP contribution in [0.15, 0.2) is 48.5 Å². The van der Waals surface area contributed by atoms with E-state index >= 15 is 0 Å². The molecule has 8 heteroatoms. The van der Waals surface area contributed by atoms with Gasteiger partial charge in [-0.15, -0.1) is 0 Å². The van der Waals surface area contributed by atoms with Crippen molar-refractivity contribution in [3.8, 4) is 11.5 Å². The number of hydrogen-bond acceptors (Lipinski definition) is 6. The van der Waals surface area contributed by atoms with Gasteiger partial charge in [0.05, 0.1) is 18.0 Å². The van der Waals surface area contributed by atoms with Crippen LogP contribution in [0.5, 0.6) is 11.5 Å². The molecule has 158 valence electrons. The molecule has 1 N–H and O–H groups in total. The van der Waals surface area contributed by atoms with Crippen molar-refractivity contribution in [1.82, 2.24) is 0 Å². The Bertz CT molecular complexity index is 929. The molecule has 1 aliphatic heterocycles. The van der Waals surface area contributed by atoms with Crippen molar-refractivity contribution in [2.75, 3.05) is 30.0 Å². The number of hydrogen-bond donors (Lipinski definition) is 1. The first-order valence-corrected chi connectivity index (χ1v) is 9.74. The number of nitrogens with one attached hydrogen (secondary N) is 1. The van der Waals surface area contributed by atoms with Crippen LogP contribution in [0.1, 0.15) is 20.3 Å². The number of carbonyl (C=O) groups excluding carboxylic acids is 3. The third-order valence-corrected chi connectivity index (χ3v) is 4.35. The number of rotatable bonds is 8. The molecule has 0 saturated heterocycles. The van der Waals surface area contributed by atoms with Crippen LogP contribution in [-0.4, -0.2) is 43.6 Å². The highest BCUT2D eigenvalue weighted by Crippen LogP contribution is 2.30. The maximum absolute atomic E-state index is 12.8. The second-order valence-electron chi connectivity index (χ2n) is 6.71. The van der Waals surface area contributed by atoms with Gasteiger partial charge in [-0.1, -0.05) is 31.2 Å². The normalized spacial score (nSPS) is 13.7. The number of esters is 1. The van der Waals surface area contributed by atoms with E-state index in [1.807, 2.05) is 13.0 Å². The van der Waals surface area contributed by atoms with Gasteiger partial charge in [-0.25, -0.2) is 4.79 Å². The van der Waals surface area contributed by atoms with Crippen LogP contribution in [-0.2, 0) is 19.1 Å². The fourth-order valence-electron chi connectivity index (χ4n) is 2.97. The molecule has 0 saturated carbocycles. The van der Waals surface area contributed by atoms with E-state index in [-0.39, 0.29) is 19.1 Å². The maximum atomic E-state index is 12.8. The van der Waals surface area contributed by atoms with Gasteiger partial charge in [-0.2, -0.15) is 0 Å². The van der Waals surface area contributed by atoms with Crippen LogP contribution in [0.2, 0.25) is 0 Å². The van der Waals surface area contributed by atoms with Gasteiger partial charge in [0.25, 0.3) is 5.91 Å². The van der Waals surface area contributed by atoms with Gasteiger partial charge in [0, 0.05) is 0 Å². The fraction of sp³-hybridized carbons (Fsp3) is 0.318. The number of carbonyl (C=O) groups is 3. The van der Waals surface area contributed by atoms with Crippen molar-refractivity contribution in [2.24, 2.45) is 0 Å². The standard InChI is InChI=1S/C22H24N2O6/c1-3-12-28-18-10-6-7-11-19(18)29-14-21(26)30-15(2)22(27)24-13-20(25)23-16-8-4-5-9-17(16)24/h4-11,15H,3,12-14H2,1-2H3,(H,23,25)/t15-/m0/s1. The first kappa shape index (κ1) is 21.2. The summed E-state index contributed by atoms with van der Waals surface area (Å²) in [6.45, 7) is 3.47. The molecule has 8 nitrogen and oxygen atoms in total. The Labute approximate surface area is 174 Å². The summed E-state index contributed by atoms with van der Waals surface area (Å²) < 4.78 is 16.3. The number of para-hydroxylation sites is 4. The molecular weight excluding hydrogens is 388 g/mol. The predicted molar refractivity (Wildman–Crippen MR) is 111 cm³/mol. The highest BCUT2D eigenvalue weighted by Gasteiger charge is 2.31. The number of anilines is 2. The van der Waals surface area contributed by atoms with Gasteiger partial charge in [-0.05, 0) is 37.6 Å². The lowest BCUT2D eigenvalue weighted by Crippen LogP contribution is -2.47. The minimum Gasteiger partial charge on any atom is -0.490 e. The smallest absolute Gasteiger partial charge is 0.344 e. The molecule has 0 aromatic heterocycles. The Morgan fingerprint density at radius 1 is 1.07 bits per heavy atom. The van der Waals surface area contributed by atoms with E-state index in [9.17, 15) is 14.4 Å². The highest BCUT2D eigenvalue weighted by atomic mass is 16.6. The van der Waals surface area contributed by atoms with E-state index in [4.69, 9.17) is 14.2 Å². The van der Waals surface area contributed by atoms with Crippen LogP contribution in [0.3, 0.4) is 0 Å². The SMILES string of the molecule is CCCOc1ccccc1OCC(=O)O[C@@H](C)C(=O)N1CC(=O)Nc2ccccc21. The van der Waals surface area contributed by atoms with Crippen LogP contribution in [0.4, 0.5) is 11.4 Å². The quantitative estimate of drug-likeness (QED) is 0.670. The number of nitrogens with zero attached hydrogens (tertiary/aromatic N) is 1. The topological polar surface area (TPSA) is 94.2 Å². The Hall–Kier alpha value is -3.55. The summed E-state index contributed by atoms with van der Waals surface area (Å²) in [5.74, 6) is -0.545. The Kier molecular flexibility index (Phi) is 6.90. The summed E-state index contributed by atoms with van der Waals surface area (Å²) in [5, 5.41) is 2.71. The maximum Gasteiger partial charge on any atom is 0.344 e. The van der Waals surface area contributed by atoms with Gasteiger partial charge >= 0.3 is 5.97 Å². The molecule has 0 radical (unpaired) electrons. The molecule has 2 aromatic rings. The summed E-state index contributed by atoms with van der Waals surface area (Å²) in [5.41, 5.74) is 1.09. The predicted octanol–water partition coefficient (Wildman–Crippen LogP) is 2.77. The largest absolute Gasteiger partial charge is 0.490 e. The third kappa shape index (κ3) is 5.08. The van der Waals surface area contributed by atoms with Crippen LogP contribution in [0.25, 0.3) is 0 Å². The van der Waals surface area contributed by atoms with Gasteiger partial charge in [0.1, 0.15) is 6.54 Å². The molecule has 1 atom stereocenters. The third-order valence-electron chi connectivity index (χ3n) is 4.35. The van der Waals surface area contributed by atoms with E-state index in [0.29, 0.717) is 29.5 Å². The van der Waals surface area contributed by atoms with Crippen LogP contribution >= 0.6 is 0 Å². The number of fused-ring (bicyclic) bond motifs is 1. The van der Waals surface area contributed by atoms with E-state index in [1.54, 1.807) is 42.5 Å². The zero-order valence-corrected chi connectivity index (χ0v) is 16.9. The molecule has 1 heterocycles. The van der Waals surface area contributed by atoms with E-state index < -0.39 is 18.0 Å². The minimum absolute atomic E-state index is 0.142. The Morgan fingerprint density at radius 3 is 2.47 bits per heavy atom. The van der Waals surface area contributed by atoms with Crippen molar-refractivity contribution >= 4 is 29.2 Å². The van der Waals surface area contributed by atoms with E-state index in [1.165, 1.54) is 11.8 Å².